The van der Waals surface area contributed by atoms with Crippen LogP contribution in [-0.4, -0.2) is 15.8 Å². The predicted molar refractivity (Wildman–Crippen MR) is 94.9 cm³/mol. The average Bonchev–Trinajstić information content (AvgIpc) is 3.05. The molecule has 2 aromatic heterocycles. The lowest BCUT2D eigenvalue weighted by Crippen LogP contribution is -2.27. The summed E-state index contributed by atoms with van der Waals surface area (Å²) in [7, 11) is 0. The molecule has 0 unspecified atom stereocenters. The van der Waals surface area contributed by atoms with E-state index >= 15 is 0 Å². The van der Waals surface area contributed by atoms with Crippen LogP contribution in [0.5, 0.6) is 0 Å². The van der Waals surface area contributed by atoms with Crippen LogP contribution in [0.15, 0.2) is 41.0 Å². The number of carbonyl (C=O) groups is 1. The van der Waals surface area contributed by atoms with Gasteiger partial charge in [0.2, 0.25) is 5.91 Å². The maximum absolute atomic E-state index is 12.0. The number of fused-ring (bicyclic) bond motifs is 1. The maximum Gasteiger partial charge on any atom is 0.220 e. The fourth-order valence-corrected chi connectivity index (χ4v) is 2.89. The zero-order valence-corrected chi connectivity index (χ0v) is 14.7. The Morgan fingerprint density at radius 1 is 1.25 bits per heavy atom. The zero-order valence-electron chi connectivity index (χ0n) is 14.0. The first-order chi connectivity index (χ1) is 11.5. The molecule has 3 aromatic rings. The van der Waals surface area contributed by atoms with Crippen molar-refractivity contribution in [2.24, 2.45) is 0 Å². The van der Waals surface area contributed by atoms with Gasteiger partial charge in [-0.15, -0.1) is 0 Å². The van der Waals surface area contributed by atoms with E-state index in [1.54, 1.807) is 18.1 Å². The van der Waals surface area contributed by atoms with Gasteiger partial charge < -0.3 is 9.32 Å². The highest BCUT2D eigenvalue weighted by Gasteiger charge is 2.15. The van der Waals surface area contributed by atoms with Crippen LogP contribution < -0.4 is 0 Å². The minimum absolute atomic E-state index is 0.0392. The number of aryl methyl sites for hydroxylation is 2. The summed E-state index contributed by atoms with van der Waals surface area (Å²) >= 11 is 6.39. The number of benzene rings is 1. The number of carbonyl (C=O) groups excluding carboxylic acids is 1. The SMILES string of the molecule is CC(=O)N(Cc1ccco1)Cc1cc2ccc(C)c(C)c2nc1Cl. The second-order valence-corrected chi connectivity index (χ2v) is 6.33. The molecule has 2 heterocycles. The lowest BCUT2D eigenvalue weighted by atomic mass is 10.0. The predicted octanol–water partition coefficient (Wildman–Crippen LogP) is 4.65. The fraction of sp³-hybridized carbons (Fsp3) is 0.263. The van der Waals surface area contributed by atoms with E-state index in [1.807, 2.05) is 31.2 Å². The Balaban J connectivity index is 1.94. The molecule has 124 valence electrons. The van der Waals surface area contributed by atoms with Crippen molar-refractivity contribution >= 4 is 28.4 Å². The van der Waals surface area contributed by atoms with E-state index in [-0.39, 0.29) is 5.91 Å². The van der Waals surface area contributed by atoms with Gasteiger partial charge in [0, 0.05) is 24.4 Å². The highest BCUT2D eigenvalue weighted by molar-refractivity contribution is 6.30. The number of furan rings is 1. The first-order valence-electron chi connectivity index (χ1n) is 7.79. The standard InChI is InChI=1S/C19H19ClN2O2/c1-12-6-7-15-9-16(19(20)21-18(15)13(12)2)10-22(14(3)23)11-17-5-4-8-24-17/h4-9H,10-11H2,1-3H3. The molecule has 1 aromatic carbocycles. The molecule has 3 rings (SSSR count). The number of hydrogen-bond acceptors (Lipinski definition) is 3. The zero-order chi connectivity index (χ0) is 17.3. The number of aromatic nitrogens is 1. The smallest absolute Gasteiger partial charge is 0.220 e. The van der Waals surface area contributed by atoms with E-state index in [9.17, 15) is 4.79 Å². The molecule has 0 spiro atoms. The topological polar surface area (TPSA) is 46.3 Å². The molecular formula is C19H19ClN2O2. The van der Waals surface area contributed by atoms with Gasteiger partial charge in [0.15, 0.2) is 0 Å². The lowest BCUT2D eigenvalue weighted by Gasteiger charge is -2.21. The Hall–Kier alpha value is -2.33. The van der Waals surface area contributed by atoms with Crippen LogP contribution in [0.25, 0.3) is 10.9 Å². The Bertz CT molecular complexity index is 888. The normalized spacial score (nSPS) is 11.0. The third-order valence-corrected chi connectivity index (χ3v) is 4.60. The highest BCUT2D eigenvalue weighted by Crippen LogP contribution is 2.26. The summed E-state index contributed by atoms with van der Waals surface area (Å²) in [6.07, 6.45) is 1.60. The lowest BCUT2D eigenvalue weighted by molar-refractivity contribution is -0.130. The van der Waals surface area contributed by atoms with E-state index in [2.05, 4.69) is 18.0 Å². The molecule has 0 atom stereocenters. The van der Waals surface area contributed by atoms with Crippen molar-refractivity contribution in [3.8, 4) is 0 Å². The van der Waals surface area contributed by atoms with E-state index in [0.717, 1.165) is 27.8 Å². The molecule has 0 aliphatic heterocycles. The quantitative estimate of drug-likeness (QED) is 0.648. The molecule has 0 radical (unpaired) electrons. The van der Waals surface area contributed by atoms with Gasteiger partial charge >= 0.3 is 0 Å². The molecule has 24 heavy (non-hydrogen) atoms. The largest absolute Gasteiger partial charge is 0.467 e. The summed E-state index contributed by atoms with van der Waals surface area (Å²) in [6.45, 7) is 6.44. The number of hydrogen-bond donors (Lipinski definition) is 0. The van der Waals surface area contributed by atoms with Crippen molar-refractivity contribution in [3.63, 3.8) is 0 Å². The summed E-state index contributed by atoms with van der Waals surface area (Å²) in [4.78, 5) is 18.2. The van der Waals surface area contributed by atoms with Crippen molar-refractivity contribution in [3.05, 3.63) is 64.2 Å². The van der Waals surface area contributed by atoms with Gasteiger partial charge in [0.1, 0.15) is 10.9 Å². The Kier molecular flexibility index (Phi) is 4.58. The minimum Gasteiger partial charge on any atom is -0.467 e. The first-order valence-corrected chi connectivity index (χ1v) is 8.16. The summed E-state index contributed by atoms with van der Waals surface area (Å²) in [5.41, 5.74) is 4.04. The highest BCUT2D eigenvalue weighted by atomic mass is 35.5. The number of rotatable bonds is 4. The molecule has 0 saturated heterocycles. The number of pyridine rings is 1. The molecule has 0 fully saturated rings. The summed E-state index contributed by atoms with van der Waals surface area (Å²) < 4.78 is 5.34. The van der Waals surface area contributed by atoms with Gasteiger partial charge in [-0.2, -0.15) is 0 Å². The molecule has 5 heteroatoms. The van der Waals surface area contributed by atoms with Gasteiger partial charge in [-0.1, -0.05) is 23.7 Å². The summed E-state index contributed by atoms with van der Waals surface area (Å²) in [5.74, 6) is 0.698. The van der Waals surface area contributed by atoms with Crippen LogP contribution in [0, 0.1) is 13.8 Å². The first kappa shape index (κ1) is 16.5. The van der Waals surface area contributed by atoms with Crippen LogP contribution in [0.3, 0.4) is 0 Å². The Morgan fingerprint density at radius 3 is 2.71 bits per heavy atom. The van der Waals surface area contributed by atoms with E-state index in [0.29, 0.717) is 18.2 Å². The molecule has 0 N–H and O–H groups in total. The third kappa shape index (κ3) is 3.29. The fourth-order valence-electron chi connectivity index (χ4n) is 2.69. The number of halogens is 1. The van der Waals surface area contributed by atoms with Crippen molar-refractivity contribution in [2.75, 3.05) is 0 Å². The average molecular weight is 343 g/mol. The van der Waals surface area contributed by atoms with E-state index < -0.39 is 0 Å². The van der Waals surface area contributed by atoms with Gasteiger partial charge in [-0.05, 0) is 43.2 Å². The van der Waals surface area contributed by atoms with E-state index in [4.69, 9.17) is 16.0 Å². The Labute approximate surface area is 146 Å². The van der Waals surface area contributed by atoms with E-state index in [1.165, 1.54) is 5.56 Å². The van der Waals surface area contributed by atoms with Crippen molar-refractivity contribution in [1.29, 1.82) is 0 Å². The molecular weight excluding hydrogens is 324 g/mol. The van der Waals surface area contributed by atoms with Crippen molar-refractivity contribution in [2.45, 2.75) is 33.9 Å². The van der Waals surface area contributed by atoms with Crippen LogP contribution in [0.2, 0.25) is 5.15 Å². The van der Waals surface area contributed by atoms with Crippen LogP contribution in [-0.2, 0) is 17.9 Å². The summed E-state index contributed by atoms with van der Waals surface area (Å²) in [6, 6.07) is 9.78. The summed E-state index contributed by atoms with van der Waals surface area (Å²) in [5, 5.41) is 1.46. The second-order valence-electron chi connectivity index (χ2n) is 5.97. The van der Waals surface area contributed by atoms with Crippen LogP contribution >= 0.6 is 11.6 Å². The second kappa shape index (κ2) is 6.65. The third-order valence-electron chi connectivity index (χ3n) is 4.27. The van der Waals surface area contributed by atoms with Crippen LogP contribution in [0.4, 0.5) is 0 Å². The van der Waals surface area contributed by atoms with Crippen LogP contribution in [0.1, 0.15) is 29.4 Å². The number of amides is 1. The monoisotopic (exact) mass is 342 g/mol. The van der Waals surface area contributed by atoms with Gasteiger partial charge in [-0.3, -0.25) is 4.79 Å². The molecule has 0 bridgehead atoms. The van der Waals surface area contributed by atoms with Gasteiger partial charge in [0.05, 0.1) is 18.3 Å². The maximum atomic E-state index is 12.0. The van der Waals surface area contributed by atoms with Gasteiger partial charge in [-0.25, -0.2) is 4.98 Å². The molecule has 1 amide bonds. The molecule has 0 aliphatic rings. The van der Waals surface area contributed by atoms with Gasteiger partial charge in [0.25, 0.3) is 0 Å². The van der Waals surface area contributed by atoms with Crippen molar-refractivity contribution in [1.82, 2.24) is 9.88 Å². The molecule has 0 aliphatic carbocycles. The molecule has 4 nitrogen and oxygen atoms in total. The van der Waals surface area contributed by atoms with Crippen molar-refractivity contribution < 1.29 is 9.21 Å². The number of nitrogens with zero attached hydrogens (tertiary/aromatic N) is 2. The minimum atomic E-state index is -0.0392. The molecule has 0 saturated carbocycles. The Morgan fingerprint density at radius 2 is 2.04 bits per heavy atom.